The highest BCUT2D eigenvalue weighted by Crippen LogP contribution is 2.23. The first-order valence-corrected chi connectivity index (χ1v) is 8.54. The van der Waals surface area contributed by atoms with Gasteiger partial charge in [0.05, 0.1) is 0 Å². The van der Waals surface area contributed by atoms with Crippen molar-refractivity contribution in [1.82, 2.24) is 4.90 Å². The van der Waals surface area contributed by atoms with Crippen molar-refractivity contribution in [2.24, 2.45) is 5.92 Å². The van der Waals surface area contributed by atoms with Gasteiger partial charge in [-0.3, -0.25) is 4.79 Å². The maximum absolute atomic E-state index is 12.7. The van der Waals surface area contributed by atoms with Crippen LogP contribution in [0.15, 0.2) is 48.5 Å². The minimum absolute atomic E-state index is 0.195. The molecule has 3 rings (SSSR count). The van der Waals surface area contributed by atoms with Crippen LogP contribution < -0.4 is 0 Å². The number of benzene rings is 2. The number of piperidine rings is 1. The predicted octanol–water partition coefficient (Wildman–Crippen LogP) is 4.40. The zero-order valence-electron chi connectivity index (χ0n) is 14.1. The van der Waals surface area contributed by atoms with Crippen LogP contribution in [-0.2, 0) is 6.42 Å². The molecule has 1 saturated heterocycles. The normalized spacial score (nSPS) is 15.7. The van der Waals surface area contributed by atoms with Crippen molar-refractivity contribution in [2.45, 2.75) is 33.1 Å². The predicted molar refractivity (Wildman–Crippen MR) is 94.7 cm³/mol. The van der Waals surface area contributed by atoms with Crippen molar-refractivity contribution in [3.05, 3.63) is 70.8 Å². The Morgan fingerprint density at radius 3 is 2.39 bits per heavy atom. The fraction of sp³-hybridized carbons (Fsp3) is 0.381. The van der Waals surface area contributed by atoms with Gasteiger partial charge in [-0.05, 0) is 56.2 Å². The summed E-state index contributed by atoms with van der Waals surface area (Å²) >= 11 is 0. The van der Waals surface area contributed by atoms with E-state index in [-0.39, 0.29) is 5.91 Å². The molecule has 2 nitrogen and oxygen atoms in total. The summed E-state index contributed by atoms with van der Waals surface area (Å²) in [5.74, 6) is 0.890. The average molecular weight is 307 g/mol. The number of amides is 1. The van der Waals surface area contributed by atoms with Crippen molar-refractivity contribution in [3.63, 3.8) is 0 Å². The lowest BCUT2D eigenvalue weighted by Gasteiger charge is -2.32. The molecule has 0 bridgehead atoms. The van der Waals surface area contributed by atoms with E-state index in [1.54, 1.807) is 0 Å². The number of carbonyl (C=O) groups is 1. The minimum Gasteiger partial charge on any atom is -0.339 e. The first kappa shape index (κ1) is 15.8. The molecule has 0 spiro atoms. The van der Waals surface area contributed by atoms with Crippen molar-refractivity contribution < 1.29 is 4.79 Å². The average Bonchev–Trinajstić information content (AvgIpc) is 2.56. The number of hydrogen-bond donors (Lipinski definition) is 0. The van der Waals surface area contributed by atoms with Gasteiger partial charge in [0.15, 0.2) is 0 Å². The molecule has 120 valence electrons. The zero-order valence-corrected chi connectivity index (χ0v) is 14.1. The van der Waals surface area contributed by atoms with Gasteiger partial charge in [-0.1, -0.05) is 48.0 Å². The summed E-state index contributed by atoms with van der Waals surface area (Å²) in [6.07, 6.45) is 3.34. The molecular formula is C21H25NO. The van der Waals surface area contributed by atoms with Crippen LogP contribution in [0, 0.1) is 19.8 Å². The van der Waals surface area contributed by atoms with Gasteiger partial charge in [-0.2, -0.15) is 0 Å². The first-order valence-electron chi connectivity index (χ1n) is 8.54. The van der Waals surface area contributed by atoms with Gasteiger partial charge < -0.3 is 4.90 Å². The van der Waals surface area contributed by atoms with E-state index >= 15 is 0 Å². The number of rotatable bonds is 3. The van der Waals surface area contributed by atoms with E-state index in [1.165, 1.54) is 11.1 Å². The molecule has 2 aromatic carbocycles. The molecule has 1 fully saturated rings. The molecule has 2 heteroatoms. The molecule has 0 N–H and O–H groups in total. The summed E-state index contributed by atoms with van der Waals surface area (Å²) in [4.78, 5) is 14.7. The second kappa shape index (κ2) is 6.99. The number of carbonyl (C=O) groups excluding carboxylic acids is 1. The van der Waals surface area contributed by atoms with Crippen molar-refractivity contribution in [2.75, 3.05) is 13.1 Å². The van der Waals surface area contributed by atoms with E-state index in [4.69, 9.17) is 0 Å². The van der Waals surface area contributed by atoms with Gasteiger partial charge in [-0.15, -0.1) is 0 Å². The number of hydrogen-bond acceptors (Lipinski definition) is 1. The van der Waals surface area contributed by atoms with E-state index in [0.29, 0.717) is 5.92 Å². The van der Waals surface area contributed by atoms with E-state index in [2.05, 4.69) is 43.3 Å². The van der Waals surface area contributed by atoms with E-state index in [1.807, 2.05) is 24.0 Å². The van der Waals surface area contributed by atoms with Crippen LogP contribution in [0.2, 0.25) is 0 Å². The van der Waals surface area contributed by atoms with Crippen LogP contribution >= 0.6 is 0 Å². The Morgan fingerprint density at radius 1 is 1.04 bits per heavy atom. The molecule has 1 aliphatic rings. The standard InChI is InChI=1S/C21H25NO/c1-16-8-9-20(17(2)14-16)21(23)22-12-10-19(11-13-22)15-18-6-4-3-5-7-18/h3-9,14,19H,10-13,15H2,1-2H3. The van der Waals surface area contributed by atoms with Gasteiger partial charge in [0.2, 0.25) is 0 Å². The summed E-state index contributed by atoms with van der Waals surface area (Å²) in [5.41, 5.74) is 4.56. The first-order chi connectivity index (χ1) is 11.1. The third-order valence-corrected chi connectivity index (χ3v) is 4.88. The minimum atomic E-state index is 0.195. The SMILES string of the molecule is Cc1ccc(C(=O)N2CCC(Cc3ccccc3)CC2)c(C)c1. The quantitative estimate of drug-likeness (QED) is 0.823. The second-order valence-corrected chi connectivity index (χ2v) is 6.74. The number of nitrogens with zero attached hydrogens (tertiary/aromatic N) is 1. The summed E-state index contributed by atoms with van der Waals surface area (Å²) in [7, 11) is 0. The van der Waals surface area contributed by atoms with Crippen LogP contribution in [0.3, 0.4) is 0 Å². The zero-order chi connectivity index (χ0) is 16.2. The van der Waals surface area contributed by atoms with E-state index in [0.717, 1.165) is 43.5 Å². The topological polar surface area (TPSA) is 20.3 Å². The Hall–Kier alpha value is -2.09. The summed E-state index contributed by atoms with van der Waals surface area (Å²) in [6, 6.07) is 16.8. The van der Waals surface area contributed by atoms with Gasteiger partial charge >= 0.3 is 0 Å². The highest BCUT2D eigenvalue weighted by molar-refractivity contribution is 5.95. The Balaban J connectivity index is 1.59. The molecule has 0 atom stereocenters. The maximum Gasteiger partial charge on any atom is 0.254 e. The third kappa shape index (κ3) is 3.82. The maximum atomic E-state index is 12.7. The lowest BCUT2D eigenvalue weighted by atomic mass is 9.90. The molecule has 0 radical (unpaired) electrons. The largest absolute Gasteiger partial charge is 0.339 e. The van der Waals surface area contributed by atoms with Crippen molar-refractivity contribution in [3.8, 4) is 0 Å². The molecule has 23 heavy (non-hydrogen) atoms. The highest BCUT2D eigenvalue weighted by atomic mass is 16.2. The van der Waals surface area contributed by atoms with Gasteiger partial charge in [0.25, 0.3) is 5.91 Å². The molecule has 1 aliphatic heterocycles. The Morgan fingerprint density at radius 2 is 1.74 bits per heavy atom. The second-order valence-electron chi connectivity index (χ2n) is 6.74. The molecular weight excluding hydrogens is 282 g/mol. The molecule has 0 aromatic heterocycles. The van der Waals surface area contributed by atoms with Crippen LogP contribution in [-0.4, -0.2) is 23.9 Å². The van der Waals surface area contributed by atoms with Crippen LogP contribution in [0.5, 0.6) is 0 Å². The monoisotopic (exact) mass is 307 g/mol. The number of aryl methyl sites for hydroxylation is 2. The van der Waals surface area contributed by atoms with E-state index < -0.39 is 0 Å². The lowest BCUT2D eigenvalue weighted by Crippen LogP contribution is -2.39. The van der Waals surface area contributed by atoms with E-state index in [9.17, 15) is 4.79 Å². The molecule has 1 amide bonds. The van der Waals surface area contributed by atoms with Gasteiger partial charge in [0.1, 0.15) is 0 Å². The van der Waals surface area contributed by atoms with Gasteiger partial charge in [0, 0.05) is 18.7 Å². The van der Waals surface area contributed by atoms with Crippen LogP contribution in [0.1, 0.15) is 39.9 Å². The fourth-order valence-corrected chi connectivity index (χ4v) is 3.51. The fourth-order valence-electron chi connectivity index (χ4n) is 3.51. The van der Waals surface area contributed by atoms with Gasteiger partial charge in [-0.25, -0.2) is 0 Å². The Labute approximate surface area is 139 Å². The molecule has 0 aliphatic carbocycles. The summed E-state index contributed by atoms with van der Waals surface area (Å²) in [5, 5.41) is 0. The Bertz CT molecular complexity index is 669. The van der Waals surface area contributed by atoms with Crippen molar-refractivity contribution >= 4 is 5.91 Å². The van der Waals surface area contributed by atoms with Crippen LogP contribution in [0.4, 0.5) is 0 Å². The molecule has 2 aromatic rings. The molecule has 1 heterocycles. The highest BCUT2D eigenvalue weighted by Gasteiger charge is 2.24. The Kier molecular flexibility index (Phi) is 4.80. The molecule has 0 saturated carbocycles. The summed E-state index contributed by atoms with van der Waals surface area (Å²) < 4.78 is 0. The summed E-state index contributed by atoms with van der Waals surface area (Å²) in [6.45, 7) is 5.85. The lowest BCUT2D eigenvalue weighted by molar-refractivity contribution is 0.0690. The smallest absolute Gasteiger partial charge is 0.254 e. The van der Waals surface area contributed by atoms with Crippen molar-refractivity contribution in [1.29, 1.82) is 0 Å². The third-order valence-electron chi connectivity index (χ3n) is 4.88. The number of likely N-dealkylation sites (tertiary alicyclic amines) is 1. The molecule has 0 unspecified atom stereocenters. The van der Waals surface area contributed by atoms with Crippen LogP contribution in [0.25, 0.3) is 0 Å².